The van der Waals surface area contributed by atoms with Gasteiger partial charge in [-0.25, -0.2) is 0 Å². The van der Waals surface area contributed by atoms with Crippen LogP contribution in [0, 0.1) is 0 Å². The Morgan fingerprint density at radius 3 is 1.83 bits per heavy atom. The van der Waals surface area contributed by atoms with E-state index in [9.17, 15) is 0 Å². The van der Waals surface area contributed by atoms with Crippen LogP contribution in [0.2, 0.25) is 0 Å². The second kappa shape index (κ2) is 17.2. The summed E-state index contributed by atoms with van der Waals surface area (Å²) in [5.74, 6) is 0. The molecule has 0 fully saturated rings. The molecule has 0 saturated carbocycles. The molecule has 0 aliphatic carbocycles. The average molecular weight is 218 g/mol. The molecule has 1 N–H and O–H groups in total. The molecule has 0 heterocycles. The van der Waals surface area contributed by atoms with E-state index in [-0.39, 0.29) is 6.61 Å². The molecule has 1 nitrogen and oxygen atoms in total. The molecule has 0 aromatic rings. The van der Waals surface area contributed by atoms with Crippen molar-refractivity contribution in [3.05, 3.63) is 12.7 Å². The van der Waals surface area contributed by atoms with Crippen LogP contribution in [0.3, 0.4) is 0 Å². The number of aliphatic hydroxyl groups is 1. The molecule has 0 atom stereocenters. The molecule has 0 saturated heterocycles. The summed E-state index contributed by atoms with van der Waals surface area (Å²) >= 11 is 4.50. The zero-order chi connectivity index (χ0) is 5.41. The summed E-state index contributed by atoms with van der Waals surface area (Å²) < 4.78 is 0. The van der Waals surface area contributed by atoms with Crippen LogP contribution in [0.25, 0.3) is 0 Å². The molecule has 6 heavy (non-hydrogen) atoms. The second-order valence-corrected chi connectivity index (χ2v) is 0.471. The predicted molar refractivity (Wildman–Crippen MR) is 31.6 cm³/mol. The zero-order valence-corrected chi connectivity index (χ0v) is 7.09. The minimum absolute atomic E-state index is 0.0833. The summed E-state index contributed by atoms with van der Waals surface area (Å²) in [5, 5.41) is 7.76. The first kappa shape index (κ1) is 9.88. The Bertz CT molecular complexity index is 22.8. The quantitative estimate of drug-likeness (QED) is 0.436. The first-order chi connectivity index (χ1) is 2.91. The number of aliphatic hydroxyl groups excluding tert-OH is 1. The second-order valence-electron chi connectivity index (χ2n) is 0.471. The van der Waals surface area contributed by atoms with Gasteiger partial charge in [-0.05, 0) is 0 Å². The first-order valence-electron chi connectivity index (χ1n) is 1.33. The van der Waals surface area contributed by atoms with E-state index in [0.29, 0.717) is 0 Å². The van der Waals surface area contributed by atoms with E-state index in [4.69, 9.17) is 5.11 Å². The fraction of sp³-hybridized carbons (Fsp3) is 0.333. The van der Waals surface area contributed by atoms with Crippen LogP contribution in [-0.4, -0.2) is 40.1 Å². The van der Waals surface area contributed by atoms with E-state index < -0.39 is 0 Å². The molecule has 0 aliphatic heterocycles. The van der Waals surface area contributed by atoms with E-state index in [0.717, 1.165) is 0 Å². The molecule has 0 bridgehead atoms. The normalized spacial score (nSPS) is 5.17. The van der Waals surface area contributed by atoms with Gasteiger partial charge in [0.15, 0.2) is 0 Å². The van der Waals surface area contributed by atoms with E-state index in [1.165, 1.54) is 6.08 Å². The summed E-state index contributed by atoms with van der Waals surface area (Å²) in [5.41, 5.74) is 0. The molecule has 0 aliphatic rings. The number of hydrogen-bond acceptors (Lipinski definition) is 1. The van der Waals surface area contributed by atoms with Gasteiger partial charge in [-0.2, -0.15) is 0 Å². The van der Waals surface area contributed by atoms with Crippen LogP contribution >= 0.6 is 0 Å². The minimum atomic E-state index is 0.0833. The monoisotopic (exact) mass is 220 g/mol. The van der Waals surface area contributed by atoms with Gasteiger partial charge in [0.1, 0.15) is 0 Å². The molecule has 0 spiro atoms. The Labute approximate surface area is 53.0 Å². The van der Waals surface area contributed by atoms with Gasteiger partial charge in [0.2, 0.25) is 0 Å². The Hall–Kier alpha value is 0.739. The van der Waals surface area contributed by atoms with Gasteiger partial charge in [-0.15, -0.1) is 6.58 Å². The van der Waals surface area contributed by atoms with Crippen molar-refractivity contribution in [3.8, 4) is 0 Å². The average Bonchev–Trinajstić information content (AvgIpc) is 1.72. The SMILES string of the molecule is C=CCO.[SeH][SeH]. The zero-order valence-electron chi connectivity index (χ0n) is 3.33. The van der Waals surface area contributed by atoms with Crippen molar-refractivity contribution in [1.82, 2.24) is 0 Å². The maximum absolute atomic E-state index is 7.76. The van der Waals surface area contributed by atoms with Gasteiger partial charge in [0.25, 0.3) is 0 Å². The summed E-state index contributed by atoms with van der Waals surface area (Å²) in [6.07, 6.45) is 1.43. The van der Waals surface area contributed by atoms with Crippen LogP contribution < -0.4 is 0 Å². The molecule has 0 unspecified atom stereocenters. The third-order valence-electron chi connectivity index (χ3n) is 0.129. The van der Waals surface area contributed by atoms with Crippen molar-refractivity contribution in [2.24, 2.45) is 0 Å². The van der Waals surface area contributed by atoms with Gasteiger partial charge in [0, 0.05) is 0 Å². The van der Waals surface area contributed by atoms with Crippen LogP contribution in [0.4, 0.5) is 0 Å². The summed E-state index contributed by atoms with van der Waals surface area (Å²) in [4.78, 5) is 0. The maximum atomic E-state index is 7.76. The van der Waals surface area contributed by atoms with Gasteiger partial charge >= 0.3 is 28.4 Å². The van der Waals surface area contributed by atoms with E-state index in [1.54, 1.807) is 0 Å². The van der Waals surface area contributed by atoms with Crippen molar-refractivity contribution >= 4 is 28.4 Å². The van der Waals surface area contributed by atoms with Gasteiger partial charge in [0.05, 0.1) is 6.61 Å². The molecule has 38 valence electrons. The molecular formula is C3H8OSe2. The molecule has 0 amide bonds. The first-order valence-corrected chi connectivity index (χ1v) is 6.53. The van der Waals surface area contributed by atoms with Crippen molar-refractivity contribution in [3.63, 3.8) is 0 Å². The van der Waals surface area contributed by atoms with Gasteiger partial charge in [-0.1, -0.05) is 6.08 Å². The Morgan fingerprint density at radius 2 is 1.83 bits per heavy atom. The molecule has 0 aromatic carbocycles. The van der Waals surface area contributed by atoms with Crippen molar-refractivity contribution in [2.75, 3.05) is 6.61 Å². The van der Waals surface area contributed by atoms with Crippen LogP contribution in [-0.2, 0) is 0 Å². The summed E-state index contributed by atoms with van der Waals surface area (Å²) in [6.45, 7) is 3.31. The number of rotatable bonds is 1. The van der Waals surface area contributed by atoms with Crippen molar-refractivity contribution in [2.45, 2.75) is 0 Å². The topological polar surface area (TPSA) is 20.2 Å². The standard InChI is InChI=1S/C3H6O.H2Se2/c1-2-3-4;1-2/h2,4H,1,3H2;1-2H. The van der Waals surface area contributed by atoms with Crippen LogP contribution in [0.1, 0.15) is 0 Å². The molecular weight excluding hydrogens is 210 g/mol. The molecule has 3 heteroatoms. The van der Waals surface area contributed by atoms with E-state index in [1.807, 2.05) is 0 Å². The third-order valence-corrected chi connectivity index (χ3v) is 0.129. The van der Waals surface area contributed by atoms with Crippen molar-refractivity contribution in [1.29, 1.82) is 0 Å². The van der Waals surface area contributed by atoms with Crippen LogP contribution in [0.15, 0.2) is 12.7 Å². The molecule has 0 aromatic heterocycles. The fourth-order valence-electron chi connectivity index (χ4n) is 0. The Kier molecular flexibility index (Phi) is 28.3. The Morgan fingerprint density at radius 1 is 1.67 bits per heavy atom. The van der Waals surface area contributed by atoms with Gasteiger partial charge < -0.3 is 5.11 Å². The van der Waals surface area contributed by atoms with Crippen molar-refractivity contribution < 1.29 is 5.11 Å². The molecule has 0 radical (unpaired) electrons. The summed E-state index contributed by atoms with van der Waals surface area (Å²) in [7, 11) is 0. The summed E-state index contributed by atoms with van der Waals surface area (Å²) in [6, 6.07) is 0. The van der Waals surface area contributed by atoms with E-state index in [2.05, 4.69) is 35.0 Å². The fourth-order valence-corrected chi connectivity index (χ4v) is 0. The van der Waals surface area contributed by atoms with Gasteiger partial charge in [-0.3, -0.25) is 0 Å². The number of hydrogen-bond donors (Lipinski definition) is 1. The third kappa shape index (κ3) is 21.9. The predicted octanol–water partition coefficient (Wildman–Crippen LogP) is -1.13. The van der Waals surface area contributed by atoms with E-state index >= 15 is 0 Å². The Balaban J connectivity index is 0. The van der Waals surface area contributed by atoms with Crippen LogP contribution in [0.5, 0.6) is 0 Å². The molecule has 0 rings (SSSR count).